The Morgan fingerprint density at radius 2 is 2.22 bits per heavy atom. The molecule has 2 rings (SSSR count). The number of methoxy groups -OCH3 is 1. The number of hydrogen-bond donors (Lipinski definition) is 2. The number of pyridine rings is 1. The van der Waals surface area contributed by atoms with Crippen molar-refractivity contribution in [2.24, 2.45) is 5.41 Å². The van der Waals surface area contributed by atoms with E-state index in [1.807, 2.05) is 6.92 Å². The van der Waals surface area contributed by atoms with Gasteiger partial charge in [-0.05, 0) is 39.7 Å². The molecule has 1 aromatic heterocycles. The maximum Gasteiger partial charge on any atom is 0.311 e. The van der Waals surface area contributed by atoms with Crippen LogP contribution in [0.1, 0.15) is 36.1 Å². The van der Waals surface area contributed by atoms with Crippen LogP contribution in [0.5, 0.6) is 0 Å². The molecule has 0 bridgehead atoms. The summed E-state index contributed by atoms with van der Waals surface area (Å²) in [4.78, 5) is 29.2. The van der Waals surface area contributed by atoms with Crippen molar-refractivity contribution < 1.29 is 14.6 Å². The monoisotopic (exact) mass is 322 g/mol. The molecule has 0 amide bonds. The Morgan fingerprint density at radius 3 is 2.87 bits per heavy atom. The molecule has 0 spiro atoms. The van der Waals surface area contributed by atoms with Crippen LogP contribution in [0.25, 0.3) is 0 Å². The van der Waals surface area contributed by atoms with E-state index in [0.29, 0.717) is 43.7 Å². The van der Waals surface area contributed by atoms with E-state index in [1.165, 1.54) is 0 Å². The molecule has 1 aliphatic heterocycles. The van der Waals surface area contributed by atoms with E-state index in [1.54, 1.807) is 20.2 Å². The number of carboxylic acid groups (broad SMARTS) is 1. The summed E-state index contributed by atoms with van der Waals surface area (Å²) in [6.45, 7) is 5.96. The van der Waals surface area contributed by atoms with Gasteiger partial charge in [-0.3, -0.25) is 14.5 Å². The highest BCUT2D eigenvalue weighted by Gasteiger charge is 2.42. The molecule has 2 N–H and O–H groups in total. The van der Waals surface area contributed by atoms with Crippen molar-refractivity contribution >= 4 is 5.97 Å². The number of piperidine rings is 1. The van der Waals surface area contributed by atoms with Gasteiger partial charge in [-0.2, -0.15) is 0 Å². The van der Waals surface area contributed by atoms with E-state index in [9.17, 15) is 14.7 Å². The van der Waals surface area contributed by atoms with Crippen molar-refractivity contribution in [3.05, 3.63) is 33.2 Å². The van der Waals surface area contributed by atoms with E-state index in [2.05, 4.69) is 9.88 Å². The number of nitrogens with one attached hydrogen (secondary N) is 1. The minimum atomic E-state index is -0.757. The highest BCUT2D eigenvalue weighted by molar-refractivity contribution is 5.75. The number of rotatable bonds is 6. The number of carbonyl (C=O) groups is 1. The number of nitrogens with zero attached hydrogens (tertiary/aromatic N) is 1. The zero-order valence-electron chi connectivity index (χ0n) is 14.1. The van der Waals surface area contributed by atoms with Crippen molar-refractivity contribution in [2.75, 3.05) is 26.8 Å². The van der Waals surface area contributed by atoms with Crippen LogP contribution in [-0.4, -0.2) is 47.8 Å². The lowest BCUT2D eigenvalue weighted by molar-refractivity contribution is -0.154. The van der Waals surface area contributed by atoms with E-state index in [4.69, 9.17) is 4.74 Å². The highest BCUT2D eigenvalue weighted by atomic mass is 16.5. The molecule has 1 aliphatic rings. The highest BCUT2D eigenvalue weighted by Crippen LogP contribution is 2.34. The number of H-pyrrole nitrogens is 1. The second-order valence-electron chi connectivity index (χ2n) is 6.55. The van der Waals surface area contributed by atoms with Crippen LogP contribution in [0.4, 0.5) is 0 Å². The van der Waals surface area contributed by atoms with Crippen molar-refractivity contribution in [1.82, 2.24) is 9.88 Å². The lowest BCUT2D eigenvalue weighted by atomic mass is 9.77. The summed E-state index contributed by atoms with van der Waals surface area (Å²) in [5, 5.41) is 9.69. The number of aliphatic carboxylic acids is 1. The zero-order chi connectivity index (χ0) is 17.0. The van der Waals surface area contributed by atoms with Gasteiger partial charge < -0.3 is 14.8 Å². The number of aromatic amines is 1. The Kier molecular flexibility index (Phi) is 5.59. The van der Waals surface area contributed by atoms with Gasteiger partial charge in [0.05, 0.1) is 5.41 Å². The van der Waals surface area contributed by atoms with E-state index < -0.39 is 11.4 Å². The largest absolute Gasteiger partial charge is 0.481 e. The van der Waals surface area contributed by atoms with Crippen LogP contribution >= 0.6 is 0 Å². The first-order valence-electron chi connectivity index (χ1n) is 8.02. The Morgan fingerprint density at radius 1 is 1.48 bits per heavy atom. The van der Waals surface area contributed by atoms with Crippen molar-refractivity contribution in [1.29, 1.82) is 0 Å². The number of hydrogen-bond acceptors (Lipinski definition) is 4. The molecular formula is C17H26N2O4. The van der Waals surface area contributed by atoms with Crippen molar-refractivity contribution in [3.8, 4) is 0 Å². The average molecular weight is 322 g/mol. The van der Waals surface area contributed by atoms with Crippen LogP contribution < -0.4 is 5.43 Å². The third kappa shape index (κ3) is 3.82. The molecule has 128 valence electrons. The standard InChI is InChI=1S/C17H26N2O4/c1-12-9-18-14(13(2)15(12)20)10-19-7-4-5-17(11-19,16(21)22)6-8-23-3/h9H,4-8,10-11H2,1-3H3,(H,18,20)(H,21,22)/t17-/m0/s1. The molecule has 1 saturated heterocycles. The number of aromatic nitrogens is 1. The predicted molar refractivity (Wildman–Crippen MR) is 87.6 cm³/mol. The quantitative estimate of drug-likeness (QED) is 0.833. The van der Waals surface area contributed by atoms with Crippen molar-refractivity contribution in [2.45, 2.75) is 39.7 Å². The maximum atomic E-state index is 12.1. The van der Waals surface area contributed by atoms with Crippen LogP contribution in [0.15, 0.2) is 11.0 Å². The SMILES string of the molecule is COCC[C@@]1(C(=O)O)CCCN(Cc2[nH]cc(C)c(=O)c2C)C1. The summed E-state index contributed by atoms with van der Waals surface area (Å²) in [7, 11) is 1.59. The van der Waals surface area contributed by atoms with Gasteiger partial charge in [0.1, 0.15) is 0 Å². The van der Waals surface area contributed by atoms with Crippen LogP contribution in [0.3, 0.4) is 0 Å². The van der Waals surface area contributed by atoms with Gasteiger partial charge >= 0.3 is 5.97 Å². The van der Waals surface area contributed by atoms with E-state index in [-0.39, 0.29) is 5.43 Å². The first kappa shape index (κ1) is 17.7. The summed E-state index contributed by atoms with van der Waals surface area (Å²) in [6, 6.07) is 0. The molecule has 1 atom stereocenters. The lowest BCUT2D eigenvalue weighted by Crippen LogP contribution is -2.48. The van der Waals surface area contributed by atoms with Gasteiger partial charge in [-0.15, -0.1) is 0 Å². The summed E-state index contributed by atoms with van der Waals surface area (Å²) in [5.41, 5.74) is 1.58. The summed E-state index contributed by atoms with van der Waals surface area (Å²) in [5.74, 6) is -0.756. The first-order valence-corrected chi connectivity index (χ1v) is 8.02. The smallest absolute Gasteiger partial charge is 0.311 e. The van der Waals surface area contributed by atoms with Crippen LogP contribution in [0, 0.1) is 19.3 Å². The molecule has 6 nitrogen and oxygen atoms in total. The van der Waals surface area contributed by atoms with Gasteiger partial charge in [0.25, 0.3) is 0 Å². The van der Waals surface area contributed by atoms with Gasteiger partial charge in [-0.25, -0.2) is 0 Å². The molecule has 0 aromatic carbocycles. The predicted octanol–water partition coefficient (Wildman–Crippen LogP) is 1.70. The minimum absolute atomic E-state index is 0.0552. The fourth-order valence-corrected chi connectivity index (χ4v) is 3.33. The summed E-state index contributed by atoms with van der Waals surface area (Å²) >= 11 is 0. The minimum Gasteiger partial charge on any atom is -0.481 e. The molecule has 0 aliphatic carbocycles. The third-order valence-electron chi connectivity index (χ3n) is 4.89. The molecule has 23 heavy (non-hydrogen) atoms. The molecular weight excluding hydrogens is 296 g/mol. The second kappa shape index (κ2) is 7.27. The maximum absolute atomic E-state index is 12.1. The van der Waals surface area contributed by atoms with Gasteiger partial charge in [0, 0.05) is 49.8 Å². The first-order chi connectivity index (χ1) is 10.9. The average Bonchev–Trinajstić information content (AvgIpc) is 2.54. The summed E-state index contributed by atoms with van der Waals surface area (Å²) < 4.78 is 5.09. The molecule has 1 aromatic rings. The van der Waals surface area contributed by atoms with E-state index >= 15 is 0 Å². The normalized spacial score (nSPS) is 22.2. The Bertz CT molecular complexity index is 626. The fourth-order valence-electron chi connectivity index (χ4n) is 3.33. The lowest BCUT2D eigenvalue weighted by Gasteiger charge is -2.40. The molecule has 6 heteroatoms. The Hall–Kier alpha value is -1.66. The molecule has 2 heterocycles. The zero-order valence-corrected chi connectivity index (χ0v) is 14.1. The van der Waals surface area contributed by atoms with E-state index in [0.717, 1.165) is 18.7 Å². The molecule has 0 saturated carbocycles. The number of carboxylic acids is 1. The Balaban J connectivity index is 2.16. The second-order valence-corrected chi connectivity index (χ2v) is 6.55. The topological polar surface area (TPSA) is 82.6 Å². The van der Waals surface area contributed by atoms with Gasteiger partial charge in [-0.1, -0.05) is 0 Å². The van der Waals surface area contributed by atoms with Crippen LogP contribution in [0.2, 0.25) is 0 Å². The molecule has 0 unspecified atom stereocenters. The van der Waals surface area contributed by atoms with Crippen molar-refractivity contribution in [3.63, 3.8) is 0 Å². The molecule has 1 fully saturated rings. The third-order valence-corrected chi connectivity index (χ3v) is 4.89. The number of ether oxygens (including phenoxy) is 1. The fraction of sp³-hybridized carbons (Fsp3) is 0.647. The Labute approximate surface area is 136 Å². The van der Waals surface area contributed by atoms with Gasteiger partial charge in [0.2, 0.25) is 0 Å². The van der Waals surface area contributed by atoms with Crippen LogP contribution in [-0.2, 0) is 16.1 Å². The number of likely N-dealkylation sites (tertiary alicyclic amines) is 1. The number of aryl methyl sites for hydroxylation is 1. The molecule has 0 radical (unpaired) electrons. The summed E-state index contributed by atoms with van der Waals surface area (Å²) in [6.07, 6.45) is 3.75. The van der Waals surface area contributed by atoms with Gasteiger partial charge in [0.15, 0.2) is 5.43 Å².